The van der Waals surface area contributed by atoms with Gasteiger partial charge in [-0.15, -0.1) is 0 Å². The summed E-state index contributed by atoms with van der Waals surface area (Å²) in [5, 5.41) is 8.49. The predicted molar refractivity (Wildman–Crippen MR) is 47.8 cm³/mol. The molecule has 0 saturated heterocycles. The number of hydrogen-bond acceptors (Lipinski definition) is 4. The number of pyridine rings is 1. The summed E-state index contributed by atoms with van der Waals surface area (Å²) < 4.78 is 0. The van der Waals surface area contributed by atoms with Crippen LogP contribution in [0.25, 0.3) is 0 Å². The highest BCUT2D eigenvalue weighted by molar-refractivity contribution is 5.68. The van der Waals surface area contributed by atoms with Crippen molar-refractivity contribution in [1.82, 2.24) is 4.98 Å². The van der Waals surface area contributed by atoms with E-state index < -0.39 is 12.0 Å². The second-order valence-corrected chi connectivity index (χ2v) is 2.68. The molecule has 0 aliphatic carbocycles. The number of nitrogens with zero attached hydrogens (tertiary/aromatic N) is 1. The van der Waals surface area contributed by atoms with Gasteiger partial charge in [0.05, 0.1) is 23.8 Å². The minimum Gasteiger partial charge on any atom is -0.481 e. The quantitative estimate of drug-likeness (QED) is 0.615. The van der Waals surface area contributed by atoms with Crippen LogP contribution in [0.3, 0.4) is 0 Å². The molecule has 0 bridgehead atoms. The summed E-state index contributed by atoms with van der Waals surface area (Å²) >= 11 is 0. The van der Waals surface area contributed by atoms with Crippen molar-refractivity contribution in [2.75, 3.05) is 5.73 Å². The van der Waals surface area contributed by atoms with E-state index in [9.17, 15) is 4.79 Å². The van der Waals surface area contributed by atoms with Gasteiger partial charge in [-0.3, -0.25) is 9.78 Å². The molecule has 0 aliphatic heterocycles. The van der Waals surface area contributed by atoms with Gasteiger partial charge in [-0.1, -0.05) is 0 Å². The molecular formula is C8H11N3O2. The van der Waals surface area contributed by atoms with Gasteiger partial charge in [0.15, 0.2) is 0 Å². The molecule has 70 valence electrons. The Morgan fingerprint density at radius 2 is 2.38 bits per heavy atom. The molecule has 1 rings (SSSR count). The lowest BCUT2D eigenvalue weighted by atomic mass is 10.1. The van der Waals surface area contributed by atoms with E-state index in [0.29, 0.717) is 11.4 Å². The zero-order valence-electron chi connectivity index (χ0n) is 6.97. The zero-order chi connectivity index (χ0) is 9.84. The molecular weight excluding hydrogens is 170 g/mol. The molecule has 13 heavy (non-hydrogen) atoms. The fourth-order valence-corrected chi connectivity index (χ4v) is 1.02. The van der Waals surface area contributed by atoms with Crippen LogP contribution < -0.4 is 11.5 Å². The van der Waals surface area contributed by atoms with Crippen LogP contribution in [0.15, 0.2) is 18.3 Å². The van der Waals surface area contributed by atoms with Crippen LogP contribution in [-0.2, 0) is 4.79 Å². The Balaban J connectivity index is 2.82. The number of carbonyl (C=O) groups is 1. The van der Waals surface area contributed by atoms with Crippen molar-refractivity contribution in [3.8, 4) is 0 Å². The molecule has 5 nitrogen and oxygen atoms in total. The van der Waals surface area contributed by atoms with Gasteiger partial charge in [0.1, 0.15) is 0 Å². The van der Waals surface area contributed by atoms with E-state index in [4.69, 9.17) is 16.6 Å². The first kappa shape index (κ1) is 9.47. The molecule has 0 saturated carbocycles. The summed E-state index contributed by atoms with van der Waals surface area (Å²) in [5.74, 6) is -0.961. The third-order valence-electron chi connectivity index (χ3n) is 1.62. The van der Waals surface area contributed by atoms with Gasteiger partial charge in [0.25, 0.3) is 0 Å². The molecule has 0 spiro atoms. The van der Waals surface area contributed by atoms with Gasteiger partial charge >= 0.3 is 5.97 Å². The van der Waals surface area contributed by atoms with Crippen molar-refractivity contribution in [2.24, 2.45) is 5.73 Å². The number of aliphatic carboxylic acids is 1. The average Bonchev–Trinajstić information content (AvgIpc) is 2.03. The van der Waals surface area contributed by atoms with E-state index in [1.807, 2.05) is 0 Å². The van der Waals surface area contributed by atoms with Crippen molar-refractivity contribution in [3.63, 3.8) is 0 Å². The maximum atomic E-state index is 10.3. The largest absolute Gasteiger partial charge is 0.481 e. The minimum atomic E-state index is -0.961. The highest BCUT2D eigenvalue weighted by atomic mass is 16.4. The fraction of sp³-hybridized carbons (Fsp3) is 0.250. The summed E-state index contributed by atoms with van der Waals surface area (Å²) in [5.41, 5.74) is 12.0. The van der Waals surface area contributed by atoms with Crippen LogP contribution in [-0.4, -0.2) is 16.1 Å². The van der Waals surface area contributed by atoms with E-state index in [0.717, 1.165) is 0 Å². The van der Waals surface area contributed by atoms with E-state index in [1.165, 1.54) is 6.20 Å². The molecule has 0 amide bonds. The number of hydrogen-bond donors (Lipinski definition) is 3. The number of carboxylic acids is 1. The number of nitrogens with two attached hydrogens (primary N) is 2. The number of anilines is 1. The first-order chi connectivity index (χ1) is 6.11. The van der Waals surface area contributed by atoms with E-state index in [-0.39, 0.29) is 6.42 Å². The van der Waals surface area contributed by atoms with Gasteiger partial charge in [-0.2, -0.15) is 0 Å². The smallest absolute Gasteiger partial charge is 0.305 e. The molecule has 0 aliphatic rings. The number of rotatable bonds is 3. The Morgan fingerprint density at radius 3 is 2.92 bits per heavy atom. The zero-order valence-corrected chi connectivity index (χ0v) is 6.97. The van der Waals surface area contributed by atoms with Crippen molar-refractivity contribution >= 4 is 11.7 Å². The third-order valence-corrected chi connectivity index (χ3v) is 1.62. The summed E-state index contributed by atoms with van der Waals surface area (Å²) in [6, 6.07) is 2.68. The number of nitrogen functional groups attached to an aromatic ring is 1. The van der Waals surface area contributed by atoms with Crippen LogP contribution in [0.5, 0.6) is 0 Å². The number of carboxylic acid groups (broad SMARTS) is 1. The summed E-state index contributed by atoms with van der Waals surface area (Å²) in [6.07, 6.45) is 1.37. The Labute approximate surface area is 75.4 Å². The van der Waals surface area contributed by atoms with Gasteiger partial charge in [0, 0.05) is 6.20 Å². The Morgan fingerprint density at radius 1 is 1.69 bits per heavy atom. The molecule has 1 unspecified atom stereocenters. The lowest BCUT2D eigenvalue weighted by Crippen LogP contribution is -2.17. The molecule has 5 heteroatoms. The lowest BCUT2D eigenvalue weighted by molar-refractivity contribution is -0.137. The third kappa shape index (κ3) is 2.41. The normalized spacial score (nSPS) is 12.4. The molecule has 1 atom stereocenters. The lowest BCUT2D eigenvalue weighted by Gasteiger charge is -2.09. The Bertz CT molecular complexity index is 314. The topological polar surface area (TPSA) is 102 Å². The number of aromatic nitrogens is 1. The van der Waals surface area contributed by atoms with Crippen LogP contribution in [0.1, 0.15) is 18.2 Å². The molecule has 1 aromatic rings. The maximum Gasteiger partial charge on any atom is 0.305 e. The molecule has 1 aromatic heterocycles. The van der Waals surface area contributed by atoms with Gasteiger partial charge in [0.2, 0.25) is 0 Å². The second kappa shape index (κ2) is 3.86. The van der Waals surface area contributed by atoms with Gasteiger partial charge < -0.3 is 16.6 Å². The SMILES string of the molecule is Nc1cccnc1C(N)CC(=O)O. The van der Waals surface area contributed by atoms with Crippen LogP contribution in [0.2, 0.25) is 0 Å². The minimum absolute atomic E-state index is 0.165. The first-order valence-electron chi connectivity index (χ1n) is 3.79. The highest BCUT2D eigenvalue weighted by Gasteiger charge is 2.13. The van der Waals surface area contributed by atoms with E-state index in [2.05, 4.69) is 4.98 Å². The maximum absolute atomic E-state index is 10.3. The molecule has 1 heterocycles. The summed E-state index contributed by atoms with van der Waals surface area (Å²) in [7, 11) is 0. The van der Waals surface area contributed by atoms with Crippen molar-refractivity contribution in [1.29, 1.82) is 0 Å². The first-order valence-corrected chi connectivity index (χ1v) is 3.79. The van der Waals surface area contributed by atoms with Crippen LogP contribution >= 0.6 is 0 Å². The van der Waals surface area contributed by atoms with Crippen molar-refractivity contribution < 1.29 is 9.90 Å². The molecule has 0 fully saturated rings. The molecule has 0 radical (unpaired) electrons. The summed E-state index contributed by atoms with van der Waals surface area (Å²) in [6.45, 7) is 0. The fourth-order valence-electron chi connectivity index (χ4n) is 1.02. The van der Waals surface area contributed by atoms with E-state index >= 15 is 0 Å². The van der Waals surface area contributed by atoms with Crippen LogP contribution in [0, 0.1) is 0 Å². The Kier molecular flexibility index (Phi) is 2.81. The standard InChI is InChI=1S/C8H11N3O2/c9-5-2-1-3-11-8(5)6(10)4-7(12)13/h1-3,6H,4,9-10H2,(H,12,13). The Hall–Kier alpha value is -1.62. The van der Waals surface area contributed by atoms with Crippen molar-refractivity contribution in [3.05, 3.63) is 24.0 Å². The molecule has 5 N–H and O–H groups in total. The second-order valence-electron chi connectivity index (χ2n) is 2.68. The van der Waals surface area contributed by atoms with Gasteiger partial charge in [-0.05, 0) is 12.1 Å². The van der Waals surface area contributed by atoms with Gasteiger partial charge in [-0.25, -0.2) is 0 Å². The predicted octanol–water partition coefficient (Wildman–Crippen LogP) is 0.138. The van der Waals surface area contributed by atoms with Crippen molar-refractivity contribution in [2.45, 2.75) is 12.5 Å². The monoisotopic (exact) mass is 181 g/mol. The molecule has 0 aromatic carbocycles. The highest BCUT2D eigenvalue weighted by Crippen LogP contribution is 2.17. The average molecular weight is 181 g/mol. The summed E-state index contributed by atoms with van der Waals surface area (Å²) in [4.78, 5) is 14.3. The van der Waals surface area contributed by atoms with Crippen LogP contribution in [0.4, 0.5) is 5.69 Å². The van der Waals surface area contributed by atoms with E-state index in [1.54, 1.807) is 12.1 Å².